The van der Waals surface area contributed by atoms with Crippen molar-refractivity contribution in [3.8, 4) is 0 Å². The van der Waals surface area contributed by atoms with Crippen molar-refractivity contribution in [2.24, 2.45) is 0 Å². The molecule has 1 aromatic carbocycles. The molecule has 0 saturated carbocycles. The molecule has 2 aliphatic rings. The Morgan fingerprint density at radius 3 is 2.27 bits per heavy atom. The lowest BCUT2D eigenvalue weighted by atomic mass is 10.1. The molecular formula is C20H29N3O3. The third-order valence-electron chi connectivity index (χ3n) is 4.88. The number of benzene rings is 1. The van der Waals surface area contributed by atoms with Crippen LogP contribution in [0.5, 0.6) is 0 Å². The van der Waals surface area contributed by atoms with Crippen molar-refractivity contribution >= 4 is 17.7 Å². The predicted octanol–water partition coefficient (Wildman–Crippen LogP) is 2.73. The van der Waals surface area contributed by atoms with Gasteiger partial charge in [-0.2, -0.15) is 0 Å². The molecule has 2 amide bonds. The van der Waals surface area contributed by atoms with Crippen LogP contribution in [-0.2, 0) is 9.53 Å². The summed E-state index contributed by atoms with van der Waals surface area (Å²) < 4.78 is 5.47. The summed E-state index contributed by atoms with van der Waals surface area (Å²) in [5.41, 5.74) is 0.644. The van der Waals surface area contributed by atoms with Crippen LogP contribution in [0.3, 0.4) is 0 Å². The molecule has 2 saturated heterocycles. The van der Waals surface area contributed by atoms with Crippen molar-refractivity contribution in [1.29, 1.82) is 0 Å². The molecule has 2 heterocycles. The Balaban J connectivity index is 1.58. The molecule has 6 heteroatoms. The average molecular weight is 359 g/mol. The first kappa shape index (κ1) is 18.5. The lowest BCUT2D eigenvalue weighted by molar-refractivity contribution is -0.136. The highest BCUT2D eigenvalue weighted by atomic mass is 16.6. The topological polar surface area (TPSA) is 53.1 Å². The Hall–Kier alpha value is -2.24. The molecule has 0 aromatic heterocycles. The van der Waals surface area contributed by atoms with Gasteiger partial charge in [0.15, 0.2) is 0 Å². The van der Waals surface area contributed by atoms with Gasteiger partial charge in [-0.25, -0.2) is 4.79 Å². The third-order valence-corrected chi connectivity index (χ3v) is 4.88. The molecule has 0 bridgehead atoms. The zero-order chi connectivity index (χ0) is 18.7. The molecule has 0 N–H and O–H groups in total. The van der Waals surface area contributed by atoms with Gasteiger partial charge < -0.3 is 14.5 Å². The number of rotatable bonds is 2. The van der Waals surface area contributed by atoms with Gasteiger partial charge >= 0.3 is 6.09 Å². The van der Waals surface area contributed by atoms with Crippen molar-refractivity contribution in [3.05, 3.63) is 30.3 Å². The molecule has 1 atom stereocenters. The largest absolute Gasteiger partial charge is 0.444 e. The maximum atomic E-state index is 13.0. The first-order valence-electron chi connectivity index (χ1n) is 9.43. The third kappa shape index (κ3) is 4.29. The molecule has 0 unspecified atom stereocenters. The van der Waals surface area contributed by atoms with E-state index in [0.717, 1.165) is 25.9 Å². The normalized spacial score (nSPS) is 21.0. The SMILES string of the molecule is CC(C)(C)OC(=O)N1CCC[C@@H]1C(=O)N1CCN(c2ccccc2)CC1. The van der Waals surface area contributed by atoms with Crippen LogP contribution in [0.1, 0.15) is 33.6 Å². The maximum absolute atomic E-state index is 13.0. The minimum absolute atomic E-state index is 0.0565. The first-order valence-corrected chi connectivity index (χ1v) is 9.43. The van der Waals surface area contributed by atoms with Crippen LogP contribution in [0.15, 0.2) is 30.3 Å². The van der Waals surface area contributed by atoms with Gasteiger partial charge in [0.05, 0.1) is 0 Å². The van der Waals surface area contributed by atoms with Crippen LogP contribution in [0.25, 0.3) is 0 Å². The lowest BCUT2D eigenvalue weighted by Crippen LogP contribution is -2.54. The van der Waals surface area contributed by atoms with Gasteiger partial charge in [0.2, 0.25) is 5.91 Å². The molecule has 3 rings (SSSR count). The highest BCUT2D eigenvalue weighted by Crippen LogP contribution is 2.24. The fourth-order valence-corrected chi connectivity index (χ4v) is 3.60. The number of nitrogens with zero attached hydrogens (tertiary/aromatic N) is 3. The number of hydrogen-bond acceptors (Lipinski definition) is 4. The van der Waals surface area contributed by atoms with Gasteiger partial charge in [0.25, 0.3) is 0 Å². The molecule has 1 aromatic rings. The van der Waals surface area contributed by atoms with Crippen LogP contribution in [0.2, 0.25) is 0 Å². The van der Waals surface area contributed by atoms with E-state index in [-0.39, 0.29) is 18.0 Å². The Labute approximate surface area is 155 Å². The van der Waals surface area contributed by atoms with Gasteiger partial charge in [-0.05, 0) is 45.7 Å². The second kappa shape index (κ2) is 7.56. The summed E-state index contributed by atoms with van der Waals surface area (Å²) in [7, 11) is 0. The van der Waals surface area contributed by atoms with E-state index in [0.29, 0.717) is 19.6 Å². The number of carbonyl (C=O) groups is 2. The zero-order valence-electron chi connectivity index (χ0n) is 16.0. The zero-order valence-corrected chi connectivity index (χ0v) is 16.0. The number of para-hydroxylation sites is 1. The second-order valence-electron chi connectivity index (χ2n) is 7.98. The molecule has 0 radical (unpaired) electrons. The number of likely N-dealkylation sites (tertiary alicyclic amines) is 1. The monoisotopic (exact) mass is 359 g/mol. The van der Waals surface area contributed by atoms with Gasteiger partial charge in [0.1, 0.15) is 11.6 Å². The van der Waals surface area contributed by atoms with Gasteiger partial charge in [-0.3, -0.25) is 9.69 Å². The summed E-state index contributed by atoms with van der Waals surface area (Å²) in [5, 5.41) is 0. The number of anilines is 1. The number of amides is 2. The number of piperazine rings is 1. The molecular weight excluding hydrogens is 330 g/mol. The van der Waals surface area contributed by atoms with E-state index in [9.17, 15) is 9.59 Å². The van der Waals surface area contributed by atoms with Crippen molar-refractivity contribution in [1.82, 2.24) is 9.80 Å². The molecule has 6 nitrogen and oxygen atoms in total. The number of ether oxygens (including phenoxy) is 1. The molecule has 26 heavy (non-hydrogen) atoms. The maximum Gasteiger partial charge on any atom is 0.410 e. The fraction of sp³-hybridized carbons (Fsp3) is 0.600. The predicted molar refractivity (Wildman–Crippen MR) is 101 cm³/mol. The molecule has 0 spiro atoms. The van der Waals surface area contributed by atoms with E-state index in [1.807, 2.05) is 43.9 Å². The lowest BCUT2D eigenvalue weighted by Gasteiger charge is -2.38. The Morgan fingerprint density at radius 2 is 1.65 bits per heavy atom. The molecule has 2 aliphatic heterocycles. The molecule has 0 aliphatic carbocycles. The summed E-state index contributed by atoms with van der Waals surface area (Å²) in [5.74, 6) is 0.0565. The van der Waals surface area contributed by atoms with Crippen LogP contribution in [0, 0.1) is 0 Å². The Kier molecular flexibility index (Phi) is 5.39. The average Bonchev–Trinajstić information content (AvgIpc) is 3.10. The standard InChI is InChI=1S/C20H29N3O3/c1-20(2,3)26-19(25)23-11-7-10-17(23)18(24)22-14-12-21(13-15-22)16-8-5-4-6-9-16/h4-6,8-9,17H,7,10-15H2,1-3H3/t17-/m1/s1. The Morgan fingerprint density at radius 1 is 1.00 bits per heavy atom. The van der Waals surface area contributed by atoms with Gasteiger partial charge in [0, 0.05) is 38.4 Å². The summed E-state index contributed by atoms with van der Waals surface area (Å²) in [6.07, 6.45) is 1.19. The highest BCUT2D eigenvalue weighted by Gasteiger charge is 2.39. The molecule has 2 fully saturated rings. The van der Waals surface area contributed by atoms with E-state index in [2.05, 4.69) is 17.0 Å². The fourth-order valence-electron chi connectivity index (χ4n) is 3.60. The van der Waals surface area contributed by atoms with Crippen molar-refractivity contribution in [2.75, 3.05) is 37.6 Å². The van der Waals surface area contributed by atoms with E-state index in [4.69, 9.17) is 4.74 Å². The van der Waals surface area contributed by atoms with Crippen LogP contribution in [0.4, 0.5) is 10.5 Å². The Bertz CT molecular complexity index is 633. The highest BCUT2D eigenvalue weighted by molar-refractivity contribution is 5.86. The van der Waals surface area contributed by atoms with Gasteiger partial charge in [-0.15, -0.1) is 0 Å². The van der Waals surface area contributed by atoms with E-state index in [1.165, 1.54) is 5.69 Å². The minimum atomic E-state index is -0.547. The van der Waals surface area contributed by atoms with E-state index in [1.54, 1.807) is 4.90 Å². The number of carbonyl (C=O) groups excluding carboxylic acids is 2. The minimum Gasteiger partial charge on any atom is -0.444 e. The summed E-state index contributed by atoms with van der Waals surface area (Å²) in [6.45, 7) is 9.14. The van der Waals surface area contributed by atoms with Crippen molar-refractivity contribution in [3.63, 3.8) is 0 Å². The van der Waals surface area contributed by atoms with E-state index >= 15 is 0 Å². The quantitative estimate of drug-likeness (QED) is 0.815. The van der Waals surface area contributed by atoms with E-state index < -0.39 is 5.60 Å². The summed E-state index contributed by atoms with van der Waals surface area (Å²) >= 11 is 0. The summed E-state index contributed by atoms with van der Waals surface area (Å²) in [6, 6.07) is 9.88. The van der Waals surface area contributed by atoms with Crippen molar-refractivity contribution in [2.45, 2.75) is 45.3 Å². The number of hydrogen-bond donors (Lipinski definition) is 0. The van der Waals surface area contributed by atoms with Crippen LogP contribution in [-0.4, -0.2) is 66.2 Å². The van der Waals surface area contributed by atoms with Crippen LogP contribution >= 0.6 is 0 Å². The molecule has 142 valence electrons. The van der Waals surface area contributed by atoms with Crippen molar-refractivity contribution < 1.29 is 14.3 Å². The smallest absolute Gasteiger partial charge is 0.410 e. The van der Waals surface area contributed by atoms with Gasteiger partial charge in [-0.1, -0.05) is 18.2 Å². The van der Waals surface area contributed by atoms with Crippen LogP contribution < -0.4 is 4.90 Å². The summed E-state index contributed by atoms with van der Waals surface area (Å²) in [4.78, 5) is 31.2. The second-order valence-corrected chi connectivity index (χ2v) is 7.98. The first-order chi connectivity index (χ1) is 12.3.